The number of halogens is 2. The molecule has 0 saturated carbocycles. The van der Waals surface area contributed by atoms with E-state index < -0.39 is 24.4 Å². The molecule has 0 aliphatic carbocycles. The van der Waals surface area contributed by atoms with E-state index in [1.807, 2.05) is 6.92 Å². The lowest BCUT2D eigenvalue weighted by Crippen LogP contribution is -2.30. The molecule has 156 valence electrons. The lowest BCUT2D eigenvalue weighted by atomic mass is 10.1. The molecule has 2 heterocycles. The third-order valence-corrected chi connectivity index (χ3v) is 4.84. The van der Waals surface area contributed by atoms with Crippen LogP contribution in [0, 0.1) is 0 Å². The van der Waals surface area contributed by atoms with Crippen LogP contribution < -0.4 is 5.32 Å². The number of nitrogens with one attached hydrogen (secondary N) is 1. The molecule has 8 nitrogen and oxygen atoms in total. The highest BCUT2D eigenvalue weighted by atomic mass is 35.5. The van der Waals surface area contributed by atoms with E-state index in [2.05, 4.69) is 10.3 Å². The maximum absolute atomic E-state index is 12.5. The molecule has 0 unspecified atom stereocenters. The summed E-state index contributed by atoms with van der Waals surface area (Å²) < 4.78 is 4.98. The number of esters is 1. The van der Waals surface area contributed by atoms with Crippen LogP contribution in [-0.4, -0.2) is 46.7 Å². The highest BCUT2D eigenvalue weighted by Crippen LogP contribution is 2.25. The van der Waals surface area contributed by atoms with Crippen LogP contribution in [0.15, 0.2) is 30.5 Å². The Hall–Kier alpha value is -2.97. The van der Waals surface area contributed by atoms with Gasteiger partial charge in [0.05, 0.1) is 26.7 Å². The van der Waals surface area contributed by atoms with E-state index in [0.29, 0.717) is 18.0 Å². The van der Waals surface area contributed by atoms with Gasteiger partial charge in [0.2, 0.25) is 0 Å². The monoisotopic (exact) mass is 449 g/mol. The molecule has 2 aromatic rings. The Bertz CT molecular complexity index is 1040. The van der Waals surface area contributed by atoms with Crippen molar-refractivity contribution in [1.82, 2.24) is 9.88 Å². The van der Waals surface area contributed by atoms with Crippen LogP contribution >= 0.6 is 23.2 Å². The quantitative estimate of drug-likeness (QED) is 0.511. The van der Waals surface area contributed by atoms with Crippen molar-refractivity contribution in [1.29, 1.82) is 0 Å². The second-order valence-electron chi connectivity index (χ2n) is 6.48. The molecule has 30 heavy (non-hydrogen) atoms. The van der Waals surface area contributed by atoms with Gasteiger partial charge in [-0.2, -0.15) is 0 Å². The molecule has 10 heteroatoms. The molecule has 0 spiro atoms. The van der Waals surface area contributed by atoms with E-state index in [-0.39, 0.29) is 33.4 Å². The van der Waals surface area contributed by atoms with Crippen molar-refractivity contribution in [3.05, 3.63) is 57.2 Å². The average Bonchev–Trinajstić information content (AvgIpc) is 2.96. The summed E-state index contributed by atoms with van der Waals surface area (Å²) in [5, 5.41) is 2.84. The van der Waals surface area contributed by atoms with Crippen molar-refractivity contribution < 1.29 is 23.9 Å². The van der Waals surface area contributed by atoms with Gasteiger partial charge < -0.3 is 10.1 Å². The van der Waals surface area contributed by atoms with Crippen molar-refractivity contribution in [2.75, 3.05) is 18.5 Å². The van der Waals surface area contributed by atoms with Gasteiger partial charge >= 0.3 is 5.97 Å². The lowest BCUT2D eigenvalue weighted by molar-refractivity contribution is -0.119. The summed E-state index contributed by atoms with van der Waals surface area (Å²) in [5.41, 5.74) is 0.448. The van der Waals surface area contributed by atoms with Crippen LogP contribution in [0.1, 0.15) is 50.8 Å². The fourth-order valence-electron chi connectivity index (χ4n) is 2.83. The summed E-state index contributed by atoms with van der Waals surface area (Å²) in [5.74, 6) is -2.21. The molecule has 0 radical (unpaired) electrons. The maximum Gasteiger partial charge on any atom is 0.338 e. The predicted molar refractivity (Wildman–Crippen MR) is 110 cm³/mol. The molecule has 1 aromatic carbocycles. The predicted octanol–water partition coefficient (Wildman–Crippen LogP) is 3.58. The Morgan fingerprint density at radius 3 is 2.57 bits per heavy atom. The fourth-order valence-corrected chi connectivity index (χ4v) is 3.25. The number of aromatic nitrogens is 1. The largest absolute Gasteiger partial charge is 0.452 e. The van der Waals surface area contributed by atoms with Gasteiger partial charge in [-0.05, 0) is 30.7 Å². The van der Waals surface area contributed by atoms with Gasteiger partial charge in [-0.3, -0.25) is 19.3 Å². The van der Waals surface area contributed by atoms with Gasteiger partial charge in [-0.15, -0.1) is 0 Å². The smallest absolute Gasteiger partial charge is 0.338 e. The number of fused-ring (bicyclic) bond motifs is 1. The number of pyridine rings is 1. The second-order valence-corrected chi connectivity index (χ2v) is 7.33. The molecule has 3 rings (SSSR count). The van der Waals surface area contributed by atoms with E-state index in [1.165, 1.54) is 35.4 Å². The number of hydrogen-bond donors (Lipinski definition) is 1. The van der Waals surface area contributed by atoms with Gasteiger partial charge in [-0.1, -0.05) is 36.5 Å². The fraction of sp³-hybridized carbons (Fsp3) is 0.250. The lowest BCUT2D eigenvalue weighted by Gasteiger charge is -2.12. The third-order valence-electron chi connectivity index (χ3n) is 4.34. The summed E-state index contributed by atoms with van der Waals surface area (Å²) >= 11 is 11.7. The number of benzene rings is 1. The van der Waals surface area contributed by atoms with Crippen molar-refractivity contribution in [2.24, 2.45) is 0 Å². The molecular weight excluding hydrogens is 433 g/mol. The van der Waals surface area contributed by atoms with Crippen LogP contribution in [0.2, 0.25) is 10.0 Å². The van der Waals surface area contributed by atoms with Crippen LogP contribution in [0.5, 0.6) is 0 Å². The second kappa shape index (κ2) is 9.23. The summed E-state index contributed by atoms with van der Waals surface area (Å²) in [7, 11) is 0. The number of nitrogens with zero attached hydrogens (tertiary/aromatic N) is 2. The zero-order valence-electron chi connectivity index (χ0n) is 15.9. The highest BCUT2D eigenvalue weighted by molar-refractivity contribution is 6.36. The van der Waals surface area contributed by atoms with Crippen LogP contribution in [0.3, 0.4) is 0 Å². The first-order valence-corrected chi connectivity index (χ1v) is 9.85. The van der Waals surface area contributed by atoms with E-state index in [9.17, 15) is 19.2 Å². The average molecular weight is 450 g/mol. The Morgan fingerprint density at radius 2 is 1.87 bits per heavy atom. The van der Waals surface area contributed by atoms with Crippen LogP contribution in [0.25, 0.3) is 0 Å². The topological polar surface area (TPSA) is 106 Å². The first-order chi connectivity index (χ1) is 14.3. The highest BCUT2D eigenvalue weighted by Gasteiger charge is 2.35. The zero-order valence-corrected chi connectivity index (χ0v) is 17.4. The molecule has 0 atom stereocenters. The van der Waals surface area contributed by atoms with E-state index in [0.717, 1.165) is 6.42 Å². The van der Waals surface area contributed by atoms with Crippen molar-refractivity contribution in [3.63, 3.8) is 0 Å². The number of ether oxygens (including phenoxy) is 1. The number of hydrogen-bond acceptors (Lipinski definition) is 6. The van der Waals surface area contributed by atoms with Gasteiger partial charge in [0.15, 0.2) is 12.4 Å². The third kappa shape index (κ3) is 4.60. The summed E-state index contributed by atoms with van der Waals surface area (Å²) in [6.45, 7) is 1.69. The zero-order chi connectivity index (χ0) is 21.8. The summed E-state index contributed by atoms with van der Waals surface area (Å²) in [6, 6.07) is 5.50. The summed E-state index contributed by atoms with van der Waals surface area (Å²) in [6.07, 6.45) is 2.84. The van der Waals surface area contributed by atoms with Crippen molar-refractivity contribution >= 4 is 52.7 Å². The Balaban J connectivity index is 1.63. The number of amides is 3. The molecule has 0 saturated heterocycles. The van der Waals surface area contributed by atoms with Gasteiger partial charge in [-0.25, -0.2) is 9.78 Å². The molecule has 1 aliphatic rings. The van der Waals surface area contributed by atoms with Gasteiger partial charge in [0, 0.05) is 12.7 Å². The number of carbonyl (C=O) groups is 4. The molecule has 3 amide bonds. The van der Waals surface area contributed by atoms with E-state index in [1.54, 1.807) is 0 Å². The summed E-state index contributed by atoms with van der Waals surface area (Å²) in [4.78, 5) is 54.1. The van der Waals surface area contributed by atoms with Crippen molar-refractivity contribution in [3.8, 4) is 0 Å². The SMILES string of the molecule is CCCCN1C(=O)c2ccc(C(=O)OCC(=O)Nc3ncc(Cl)cc3Cl)cc2C1=O. The Kier molecular flexibility index (Phi) is 6.69. The Morgan fingerprint density at radius 1 is 1.13 bits per heavy atom. The molecule has 0 fully saturated rings. The number of unbranched alkanes of at least 4 members (excludes halogenated alkanes) is 1. The molecule has 1 aromatic heterocycles. The standard InChI is InChI=1S/C20H17Cl2N3O5/c1-2-3-6-25-18(27)13-5-4-11(7-14(13)19(25)28)20(29)30-10-16(26)24-17-15(22)8-12(21)9-23-17/h4-5,7-9H,2-3,6,10H2,1H3,(H,23,24,26). The van der Waals surface area contributed by atoms with Crippen LogP contribution in [0.4, 0.5) is 5.82 Å². The number of imide groups is 1. The first-order valence-electron chi connectivity index (χ1n) is 9.10. The first kappa shape index (κ1) is 21.7. The Labute approximate surface area is 182 Å². The molecule has 1 aliphatic heterocycles. The molecular formula is C20H17Cl2N3O5. The van der Waals surface area contributed by atoms with Crippen molar-refractivity contribution in [2.45, 2.75) is 19.8 Å². The van der Waals surface area contributed by atoms with E-state index >= 15 is 0 Å². The van der Waals surface area contributed by atoms with Gasteiger partial charge in [0.1, 0.15) is 0 Å². The van der Waals surface area contributed by atoms with Gasteiger partial charge in [0.25, 0.3) is 17.7 Å². The minimum Gasteiger partial charge on any atom is -0.452 e. The maximum atomic E-state index is 12.5. The minimum atomic E-state index is -0.810. The van der Waals surface area contributed by atoms with E-state index in [4.69, 9.17) is 27.9 Å². The molecule has 1 N–H and O–H groups in total. The van der Waals surface area contributed by atoms with Crippen LogP contribution in [-0.2, 0) is 9.53 Å². The normalized spacial score (nSPS) is 12.7. The minimum absolute atomic E-state index is 0.0580. The number of rotatable bonds is 7. The molecule has 0 bridgehead atoms. The number of anilines is 1. The number of carbonyl (C=O) groups excluding carboxylic acids is 4.